The zero-order valence-corrected chi connectivity index (χ0v) is 20.6. The van der Waals surface area contributed by atoms with Crippen LogP contribution in [0.2, 0.25) is 5.02 Å². The standard InChI is InChI=1S/C25H22ClFN6O4/c1-3-20(25(36)30-15-5-6-16(24(28)35)19(27)11-15)32-13-22(37-2)18(12-23(32)34)17-10-14(26)4-7-21(17)33-9-8-29-31-33/h4-13,20H,3H2,1-2H3,(H2,28,35)(H,30,36)/t20-/m0/s1. The molecule has 0 aliphatic carbocycles. The number of nitrogens with one attached hydrogen (secondary N) is 1. The average molecular weight is 525 g/mol. The molecule has 2 aromatic heterocycles. The van der Waals surface area contributed by atoms with E-state index in [0.717, 1.165) is 6.07 Å². The van der Waals surface area contributed by atoms with Crippen LogP contribution in [0.5, 0.6) is 5.75 Å². The van der Waals surface area contributed by atoms with Crippen LogP contribution in [0.15, 0.2) is 65.8 Å². The van der Waals surface area contributed by atoms with Crippen molar-refractivity contribution in [1.82, 2.24) is 19.6 Å². The van der Waals surface area contributed by atoms with Gasteiger partial charge in [0.25, 0.3) is 11.5 Å². The van der Waals surface area contributed by atoms with E-state index in [1.54, 1.807) is 31.3 Å². The first-order valence-corrected chi connectivity index (χ1v) is 11.5. The monoisotopic (exact) mass is 524 g/mol. The highest BCUT2D eigenvalue weighted by Crippen LogP contribution is 2.35. The lowest BCUT2D eigenvalue weighted by molar-refractivity contribution is -0.119. The molecule has 0 unspecified atom stereocenters. The molecule has 4 rings (SSSR count). The smallest absolute Gasteiger partial charge is 0.252 e. The third-order valence-corrected chi connectivity index (χ3v) is 5.94. The summed E-state index contributed by atoms with van der Waals surface area (Å²) in [5.41, 5.74) is 6.09. The van der Waals surface area contributed by atoms with Gasteiger partial charge in [-0.05, 0) is 42.8 Å². The Kier molecular flexibility index (Phi) is 7.35. The molecule has 0 spiro atoms. The first-order valence-electron chi connectivity index (χ1n) is 11.1. The fourth-order valence-corrected chi connectivity index (χ4v) is 4.10. The number of pyridine rings is 1. The molecule has 0 saturated heterocycles. The Hall–Kier alpha value is -4.51. The molecule has 0 aliphatic heterocycles. The highest BCUT2D eigenvalue weighted by Gasteiger charge is 2.23. The van der Waals surface area contributed by atoms with Crippen LogP contribution in [0.25, 0.3) is 16.8 Å². The van der Waals surface area contributed by atoms with Crippen LogP contribution >= 0.6 is 11.6 Å². The number of halogens is 2. The number of methoxy groups -OCH3 is 1. The van der Waals surface area contributed by atoms with E-state index in [9.17, 15) is 18.8 Å². The number of carbonyl (C=O) groups excluding carboxylic acids is 2. The number of carbonyl (C=O) groups is 2. The molecular formula is C25H22ClFN6O4. The Labute approximate surface area is 215 Å². The van der Waals surface area contributed by atoms with Crippen molar-refractivity contribution in [3.8, 4) is 22.6 Å². The summed E-state index contributed by atoms with van der Waals surface area (Å²) in [6, 6.07) is 9.02. The second-order valence-corrected chi connectivity index (χ2v) is 8.42. The number of hydrogen-bond acceptors (Lipinski definition) is 6. The summed E-state index contributed by atoms with van der Waals surface area (Å²) >= 11 is 6.25. The predicted octanol–water partition coefficient (Wildman–Crippen LogP) is 3.59. The number of nitrogens with two attached hydrogens (primary N) is 1. The first-order chi connectivity index (χ1) is 17.7. The predicted molar refractivity (Wildman–Crippen MR) is 135 cm³/mol. The van der Waals surface area contributed by atoms with E-state index >= 15 is 0 Å². The molecule has 0 fully saturated rings. The topological polar surface area (TPSA) is 134 Å². The lowest BCUT2D eigenvalue weighted by Crippen LogP contribution is -2.32. The van der Waals surface area contributed by atoms with E-state index in [1.807, 2.05) is 0 Å². The van der Waals surface area contributed by atoms with Crippen LogP contribution in [-0.2, 0) is 4.79 Å². The zero-order chi connectivity index (χ0) is 26.7. The summed E-state index contributed by atoms with van der Waals surface area (Å²) in [4.78, 5) is 37.6. The Morgan fingerprint density at radius 1 is 1.19 bits per heavy atom. The van der Waals surface area contributed by atoms with Crippen molar-refractivity contribution in [2.45, 2.75) is 19.4 Å². The van der Waals surface area contributed by atoms with E-state index < -0.39 is 29.2 Å². The van der Waals surface area contributed by atoms with Crippen LogP contribution in [0.4, 0.5) is 10.1 Å². The number of benzene rings is 2. The lowest BCUT2D eigenvalue weighted by atomic mass is 10.0. The van der Waals surface area contributed by atoms with Gasteiger partial charge in [-0.3, -0.25) is 19.0 Å². The van der Waals surface area contributed by atoms with E-state index in [-0.39, 0.29) is 17.7 Å². The maximum absolute atomic E-state index is 14.1. The van der Waals surface area contributed by atoms with Crippen molar-refractivity contribution in [2.75, 3.05) is 12.4 Å². The Bertz CT molecular complexity index is 1540. The van der Waals surface area contributed by atoms with Crippen LogP contribution in [0, 0.1) is 5.82 Å². The number of aromatic nitrogens is 4. The molecule has 37 heavy (non-hydrogen) atoms. The van der Waals surface area contributed by atoms with Gasteiger partial charge in [0, 0.05) is 27.9 Å². The number of anilines is 1. The molecule has 0 aliphatic rings. The quantitative estimate of drug-likeness (QED) is 0.362. The summed E-state index contributed by atoms with van der Waals surface area (Å²) in [6.45, 7) is 1.73. The molecular weight excluding hydrogens is 503 g/mol. The Morgan fingerprint density at radius 3 is 2.59 bits per heavy atom. The van der Waals surface area contributed by atoms with Gasteiger partial charge in [0.05, 0.1) is 37.0 Å². The number of ether oxygens (including phenoxy) is 1. The van der Waals surface area contributed by atoms with Crippen molar-refractivity contribution in [3.05, 3.63) is 87.8 Å². The van der Waals surface area contributed by atoms with Crippen molar-refractivity contribution >= 4 is 29.1 Å². The normalized spacial score (nSPS) is 11.7. The molecule has 4 aromatic rings. The van der Waals surface area contributed by atoms with Crippen LogP contribution < -0.4 is 21.3 Å². The SMILES string of the molecule is CC[C@@H](C(=O)Nc1ccc(C(N)=O)c(F)c1)n1cc(OC)c(-c2cc(Cl)ccc2-n2ccnn2)cc1=O. The van der Waals surface area contributed by atoms with E-state index in [0.29, 0.717) is 27.6 Å². The minimum atomic E-state index is -0.941. The van der Waals surface area contributed by atoms with Crippen LogP contribution in [0.3, 0.4) is 0 Å². The van der Waals surface area contributed by atoms with Crippen molar-refractivity contribution in [1.29, 1.82) is 0 Å². The summed E-state index contributed by atoms with van der Waals surface area (Å²) in [5.74, 6) is -2.04. The van der Waals surface area contributed by atoms with Gasteiger partial charge in [-0.15, -0.1) is 5.10 Å². The van der Waals surface area contributed by atoms with Crippen LogP contribution in [0.1, 0.15) is 29.7 Å². The Morgan fingerprint density at radius 2 is 1.97 bits per heavy atom. The fraction of sp³-hybridized carbons (Fsp3) is 0.160. The summed E-state index contributed by atoms with van der Waals surface area (Å²) < 4.78 is 22.5. The molecule has 12 heteroatoms. The molecule has 10 nitrogen and oxygen atoms in total. The fourth-order valence-electron chi connectivity index (χ4n) is 3.93. The van der Waals surface area contributed by atoms with Gasteiger partial charge < -0.3 is 15.8 Å². The number of primary amides is 1. The highest BCUT2D eigenvalue weighted by atomic mass is 35.5. The van der Waals surface area contributed by atoms with E-state index in [1.165, 1.54) is 47.0 Å². The zero-order valence-electron chi connectivity index (χ0n) is 19.8. The Balaban J connectivity index is 1.72. The third kappa shape index (κ3) is 5.21. The van der Waals surface area contributed by atoms with Gasteiger partial charge in [0.15, 0.2) is 0 Å². The maximum Gasteiger partial charge on any atom is 0.252 e. The molecule has 0 bridgehead atoms. The molecule has 2 aromatic carbocycles. The van der Waals surface area contributed by atoms with Crippen molar-refractivity contribution < 1.29 is 18.7 Å². The summed E-state index contributed by atoms with van der Waals surface area (Å²) in [7, 11) is 1.44. The van der Waals surface area contributed by atoms with Crippen LogP contribution in [-0.4, -0.2) is 38.5 Å². The minimum Gasteiger partial charge on any atom is -0.495 e. The molecule has 0 radical (unpaired) electrons. The third-order valence-electron chi connectivity index (χ3n) is 5.71. The number of nitrogens with zero attached hydrogens (tertiary/aromatic N) is 4. The molecule has 1 atom stereocenters. The second kappa shape index (κ2) is 10.6. The number of hydrogen-bond donors (Lipinski definition) is 2. The highest BCUT2D eigenvalue weighted by molar-refractivity contribution is 6.31. The number of rotatable bonds is 8. The first kappa shape index (κ1) is 25.6. The second-order valence-electron chi connectivity index (χ2n) is 7.98. The largest absolute Gasteiger partial charge is 0.495 e. The molecule has 0 saturated carbocycles. The van der Waals surface area contributed by atoms with Gasteiger partial charge in [-0.25, -0.2) is 9.07 Å². The van der Waals surface area contributed by atoms with Crippen molar-refractivity contribution in [3.63, 3.8) is 0 Å². The molecule has 3 N–H and O–H groups in total. The van der Waals surface area contributed by atoms with Gasteiger partial charge in [-0.1, -0.05) is 23.7 Å². The maximum atomic E-state index is 14.1. The van der Waals surface area contributed by atoms with Gasteiger partial charge in [-0.2, -0.15) is 0 Å². The number of amides is 2. The van der Waals surface area contributed by atoms with Gasteiger partial charge in [0.2, 0.25) is 5.91 Å². The van der Waals surface area contributed by atoms with E-state index in [2.05, 4.69) is 15.6 Å². The van der Waals surface area contributed by atoms with E-state index in [4.69, 9.17) is 22.1 Å². The minimum absolute atomic E-state index is 0.110. The summed E-state index contributed by atoms with van der Waals surface area (Å²) in [6.07, 6.45) is 4.85. The molecule has 2 amide bonds. The van der Waals surface area contributed by atoms with Crippen molar-refractivity contribution in [2.24, 2.45) is 5.73 Å². The lowest BCUT2D eigenvalue weighted by Gasteiger charge is -2.21. The van der Waals surface area contributed by atoms with Gasteiger partial charge in [0.1, 0.15) is 17.6 Å². The summed E-state index contributed by atoms with van der Waals surface area (Å²) in [5, 5.41) is 10.9. The molecule has 2 heterocycles. The van der Waals surface area contributed by atoms with Gasteiger partial charge >= 0.3 is 0 Å². The molecule has 190 valence electrons. The average Bonchev–Trinajstić information content (AvgIpc) is 3.40.